The number of halogens is 1. The van der Waals surface area contributed by atoms with E-state index in [1.54, 1.807) is 23.7 Å². The molecule has 1 unspecified atom stereocenters. The molecule has 0 saturated heterocycles. The second-order valence-corrected chi connectivity index (χ2v) is 4.40. The highest BCUT2D eigenvalue weighted by molar-refractivity contribution is 5.98. The van der Waals surface area contributed by atoms with Gasteiger partial charge in [-0.25, -0.2) is 4.39 Å². The number of hydrogen-bond donors (Lipinski definition) is 2. The fraction of sp³-hybridized carbons (Fsp3) is 0.308. The molecule has 0 aliphatic rings. The second-order valence-electron chi connectivity index (χ2n) is 4.40. The van der Waals surface area contributed by atoms with Crippen molar-refractivity contribution in [2.24, 2.45) is 12.8 Å². The van der Waals surface area contributed by atoms with Gasteiger partial charge < -0.3 is 15.6 Å². The summed E-state index contributed by atoms with van der Waals surface area (Å²) in [7, 11) is 1.78. The van der Waals surface area contributed by atoms with Crippen molar-refractivity contribution in [2.45, 2.75) is 13.0 Å². The van der Waals surface area contributed by atoms with E-state index in [4.69, 9.17) is 5.73 Å². The van der Waals surface area contributed by atoms with E-state index < -0.39 is 0 Å². The van der Waals surface area contributed by atoms with Crippen LogP contribution in [0.2, 0.25) is 0 Å². The van der Waals surface area contributed by atoms with Crippen LogP contribution < -0.4 is 11.1 Å². The first-order valence-corrected chi connectivity index (χ1v) is 5.79. The van der Waals surface area contributed by atoms with E-state index in [2.05, 4.69) is 5.32 Å². The molecule has 1 atom stereocenters. The van der Waals surface area contributed by atoms with Gasteiger partial charge in [-0.3, -0.25) is 4.79 Å². The summed E-state index contributed by atoms with van der Waals surface area (Å²) in [4.78, 5) is 12.0. The summed E-state index contributed by atoms with van der Waals surface area (Å²) in [5, 5.41) is 3.49. The van der Waals surface area contributed by atoms with Gasteiger partial charge in [0.1, 0.15) is 11.5 Å². The van der Waals surface area contributed by atoms with E-state index >= 15 is 0 Å². The lowest BCUT2D eigenvalue weighted by molar-refractivity contribution is 0.0933. The predicted molar refractivity (Wildman–Crippen MR) is 68.9 cm³/mol. The summed E-state index contributed by atoms with van der Waals surface area (Å²) in [5.74, 6) is -0.512. The van der Waals surface area contributed by atoms with Crippen LogP contribution in [0, 0.1) is 5.82 Å². The average Bonchev–Trinajstić information content (AvgIpc) is 2.66. The van der Waals surface area contributed by atoms with Gasteiger partial charge in [0, 0.05) is 30.5 Å². The maximum atomic E-state index is 13.1. The molecular weight excluding hydrogens is 233 g/mol. The van der Waals surface area contributed by atoms with Gasteiger partial charge in [0.25, 0.3) is 5.91 Å². The number of carbonyl (C=O) groups is 1. The molecule has 2 rings (SSSR count). The predicted octanol–water partition coefficient (Wildman–Crippen LogP) is 1.39. The van der Waals surface area contributed by atoms with Gasteiger partial charge >= 0.3 is 0 Å². The van der Waals surface area contributed by atoms with Crippen LogP contribution in [0.3, 0.4) is 0 Å². The van der Waals surface area contributed by atoms with Crippen LogP contribution in [0.15, 0.2) is 24.3 Å². The number of nitrogens with two attached hydrogens (primary N) is 1. The molecule has 3 N–H and O–H groups in total. The monoisotopic (exact) mass is 249 g/mol. The fourth-order valence-electron chi connectivity index (χ4n) is 1.89. The standard InChI is InChI=1S/C13H16FN3O/c1-8(7-15)16-13(18)12-6-9-5-10(14)3-4-11(9)17(12)2/h3-6,8H,7,15H2,1-2H3,(H,16,18). The van der Waals surface area contributed by atoms with Gasteiger partial charge in [-0.15, -0.1) is 0 Å². The summed E-state index contributed by atoms with van der Waals surface area (Å²) < 4.78 is 14.9. The lowest BCUT2D eigenvalue weighted by Gasteiger charge is -2.11. The lowest BCUT2D eigenvalue weighted by Crippen LogP contribution is -2.38. The number of hydrogen-bond acceptors (Lipinski definition) is 2. The van der Waals surface area contributed by atoms with Crippen molar-refractivity contribution in [3.8, 4) is 0 Å². The fourth-order valence-corrected chi connectivity index (χ4v) is 1.89. The molecule has 0 saturated carbocycles. The molecule has 4 nitrogen and oxygen atoms in total. The first-order valence-electron chi connectivity index (χ1n) is 5.79. The molecular formula is C13H16FN3O. The summed E-state index contributed by atoms with van der Waals surface area (Å²) in [5.41, 5.74) is 6.78. The molecule has 1 aromatic heterocycles. The van der Waals surface area contributed by atoms with E-state index in [0.717, 1.165) is 5.52 Å². The van der Waals surface area contributed by atoms with Crippen LogP contribution in [0.4, 0.5) is 4.39 Å². The van der Waals surface area contributed by atoms with Crippen molar-refractivity contribution in [2.75, 3.05) is 6.54 Å². The molecule has 5 heteroatoms. The minimum absolute atomic E-state index is 0.0905. The Morgan fingerprint density at radius 1 is 1.50 bits per heavy atom. The third-order valence-corrected chi connectivity index (χ3v) is 2.97. The number of nitrogens with zero attached hydrogens (tertiary/aromatic N) is 1. The second kappa shape index (κ2) is 4.78. The maximum Gasteiger partial charge on any atom is 0.268 e. The molecule has 0 aliphatic carbocycles. The van der Waals surface area contributed by atoms with Crippen LogP contribution in [0.25, 0.3) is 10.9 Å². The molecule has 0 bridgehead atoms. The number of benzene rings is 1. The van der Waals surface area contributed by atoms with Crippen LogP contribution >= 0.6 is 0 Å². The Balaban J connectivity index is 2.39. The number of amides is 1. The molecule has 1 aromatic carbocycles. The van der Waals surface area contributed by atoms with Gasteiger partial charge in [-0.05, 0) is 31.2 Å². The topological polar surface area (TPSA) is 60.0 Å². The van der Waals surface area contributed by atoms with Gasteiger partial charge in [0.05, 0.1) is 0 Å². The molecule has 1 heterocycles. The highest BCUT2D eigenvalue weighted by Crippen LogP contribution is 2.19. The molecule has 0 fully saturated rings. The molecule has 0 aliphatic heterocycles. The smallest absolute Gasteiger partial charge is 0.268 e. The minimum Gasteiger partial charge on any atom is -0.347 e. The normalized spacial score (nSPS) is 12.7. The van der Waals surface area contributed by atoms with E-state index in [1.807, 2.05) is 6.92 Å². The molecule has 0 radical (unpaired) electrons. The van der Waals surface area contributed by atoms with E-state index in [1.165, 1.54) is 12.1 Å². The largest absolute Gasteiger partial charge is 0.347 e. The number of rotatable bonds is 3. The first-order chi connectivity index (χ1) is 8.52. The van der Waals surface area contributed by atoms with Crippen LogP contribution in [-0.2, 0) is 7.05 Å². The van der Waals surface area contributed by atoms with Crippen molar-refractivity contribution in [1.82, 2.24) is 9.88 Å². The molecule has 96 valence electrons. The Kier molecular flexibility index (Phi) is 3.34. The van der Waals surface area contributed by atoms with Crippen molar-refractivity contribution < 1.29 is 9.18 Å². The van der Waals surface area contributed by atoms with E-state index in [9.17, 15) is 9.18 Å². The highest BCUT2D eigenvalue weighted by atomic mass is 19.1. The number of nitrogens with one attached hydrogen (secondary N) is 1. The Labute approximate surface area is 105 Å². The molecule has 0 spiro atoms. The summed E-state index contributed by atoms with van der Waals surface area (Å²) >= 11 is 0. The zero-order valence-corrected chi connectivity index (χ0v) is 10.4. The highest BCUT2D eigenvalue weighted by Gasteiger charge is 2.14. The van der Waals surface area contributed by atoms with Crippen LogP contribution in [0.5, 0.6) is 0 Å². The van der Waals surface area contributed by atoms with Gasteiger partial charge in [-0.2, -0.15) is 0 Å². The summed E-state index contributed by atoms with van der Waals surface area (Å²) in [6.07, 6.45) is 0. The Morgan fingerprint density at radius 3 is 2.89 bits per heavy atom. The maximum absolute atomic E-state index is 13.1. The first kappa shape index (κ1) is 12.6. The lowest BCUT2D eigenvalue weighted by atomic mass is 10.2. The van der Waals surface area contributed by atoms with Crippen molar-refractivity contribution in [3.05, 3.63) is 35.8 Å². The quantitative estimate of drug-likeness (QED) is 0.863. The summed E-state index contributed by atoms with van der Waals surface area (Å²) in [6, 6.07) is 6.04. The minimum atomic E-state index is -0.310. The molecule has 1 amide bonds. The third-order valence-electron chi connectivity index (χ3n) is 2.97. The number of aromatic nitrogens is 1. The molecule has 2 aromatic rings. The van der Waals surface area contributed by atoms with Crippen molar-refractivity contribution in [3.63, 3.8) is 0 Å². The summed E-state index contributed by atoms with van der Waals surface area (Å²) in [6.45, 7) is 2.21. The zero-order chi connectivity index (χ0) is 13.3. The Hall–Kier alpha value is -1.88. The number of fused-ring (bicyclic) bond motifs is 1. The van der Waals surface area contributed by atoms with Crippen LogP contribution in [0.1, 0.15) is 17.4 Å². The van der Waals surface area contributed by atoms with Crippen LogP contribution in [-0.4, -0.2) is 23.1 Å². The van der Waals surface area contributed by atoms with Gasteiger partial charge in [0.15, 0.2) is 0 Å². The third kappa shape index (κ3) is 2.22. The molecule has 18 heavy (non-hydrogen) atoms. The van der Waals surface area contributed by atoms with E-state index in [-0.39, 0.29) is 17.8 Å². The SMILES string of the molecule is CC(CN)NC(=O)c1cc2cc(F)ccc2n1C. The number of aryl methyl sites for hydroxylation is 1. The van der Waals surface area contributed by atoms with Gasteiger partial charge in [0.2, 0.25) is 0 Å². The van der Waals surface area contributed by atoms with Gasteiger partial charge in [-0.1, -0.05) is 0 Å². The average molecular weight is 249 g/mol. The van der Waals surface area contributed by atoms with Crippen molar-refractivity contribution in [1.29, 1.82) is 0 Å². The zero-order valence-electron chi connectivity index (χ0n) is 10.4. The number of carbonyl (C=O) groups excluding carboxylic acids is 1. The van der Waals surface area contributed by atoms with Crippen molar-refractivity contribution >= 4 is 16.8 Å². The Bertz CT molecular complexity index is 591. The Morgan fingerprint density at radius 2 is 2.22 bits per heavy atom. The van der Waals surface area contributed by atoms with E-state index in [0.29, 0.717) is 17.6 Å².